The zero-order valence-corrected chi connectivity index (χ0v) is 17.3. The Morgan fingerprint density at radius 2 is 2.00 bits per heavy atom. The van der Waals surface area contributed by atoms with E-state index >= 15 is 0 Å². The summed E-state index contributed by atoms with van der Waals surface area (Å²) in [4.78, 5) is 28.1. The molecule has 2 aliphatic rings. The summed E-state index contributed by atoms with van der Waals surface area (Å²) >= 11 is 11.9. The molecule has 0 aromatic heterocycles. The van der Waals surface area contributed by atoms with Crippen LogP contribution in [-0.2, 0) is 20.9 Å². The summed E-state index contributed by atoms with van der Waals surface area (Å²) in [5.74, 6) is -0.775. The monoisotopic (exact) mass is 426 g/mol. The lowest BCUT2D eigenvalue weighted by molar-refractivity contribution is -0.128. The summed E-state index contributed by atoms with van der Waals surface area (Å²) in [5, 5.41) is 11.1. The van der Waals surface area contributed by atoms with Crippen LogP contribution >= 0.6 is 23.2 Å². The third-order valence-electron chi connectivity index (χ3n) is 5.28. The fourth-order valence-electron chi connectivity index (χ4n) is 3.55. The fourth-order valence-corrected chi connectivity index (χ4v) is 3.87. The van der Waals surface area contributed by atoms with E-state index in [4.69, 9.17) is 27.9 Å². The van der Waals surface area contributed by atoms with Gasteiger partial charge in [0.25, 0.3) is 11.8 Å². The third-order valence-corrected chi connectivity index (χ3v) is 6.02. The molecule has 2 heterocycles. The van der Waals surface area contributed by atoms with Gasteiger partial charge in [0.05, 0.1) is 22.2 Å². The number of amides is 2. The number of halogens is 2. The van der Waals surface area contributed by atoms with Crippen LogP contribution in [0.5, 0.6) is 0 Å². The van der Waals surface area contributed by atoms with Crippen molar-refractivity contribution in [1.82, 2.24) is 9.80 Å². The van der Waals surface area contributed by atoms with Crippen LogP contribution in [0.4, 0.5) is 0 Å². The van der Waals surface area contributed by atoms with Crippen molar-refractivity contribution in [2.45, 2.75) is 25.8 Å². The Hall–Kier alpha value is -1.76. The molecule has 2 amide bonds. The van der Waals surface area contributed by atoms with Crippen LogP contribution in [0.15, 0.2) is 29.5 Å². The second-order valence-corrected chi connectivity index (χ2v) is 8.12. The van der Waals surface area contributed by atoms with E-state index in [0.717, 1.165) is 38.0 Å². The van der Waals surface area contributed by atoms with Gasteiger partial charge in [0, 0.05) is 33.4 Å². The number of rotatable bonds is 6. The normalized spacial score (nSPS) is 18.1. The predicted molar refractivity (Wildman–Crippen MR) is 107 cm³/mol. The average molecular weight is 427 g/mol. The highest BCUT2D eigenvalue weighted by molar-refractivity contribution is 6.42. The summed E-state index contributed by atoms with van der Waals surface area (Å²) in [6, 6.07) is 5.15. The summed E-state index contributed by atoms with van der Waals surface area (Å²) in [7, 11) is 1.63. The van der Waals surface area contributed by atoms with Crippen molar-refractivity contribution >= 4 is 35.0 Å². The molecule has 152 valence electrons. The van der Waals surface area contributed by atoms with Crippen LogP contribution < -0.4 is 0 Å². The minimum absolute atomic E-state index is 0.137. The van der Waals surface area contributed by atoms with E-state index in [2.05, 4.69) is 0 Å². The Labute approximate surface area is 174 Å². The van der Waals surface area contributed by atoms with Gasteiger partial charge in [-0.1, -0.05) is 29.3 Å². The molecule has 8 heteroatoms. The van der Waals surface area contributed by atoms with Gasteiger partial charge in [-0.25, -0.2) is 0 Å². The summed E-state index contributed by atoms with van der Waals surface area (Å²) in [6.45, 7) is 2.47. The third kappa shape index (κ3) is 4.80. The quantitative estimate of drug-likeness (QED) is 0.756. The highest BCUT2D eigenvalue weighted by Gasteiger charge is 2.35. The molecule has 0 radical (unpaired) electrons. The zero-order chi connectivity index (χ0) is 20.3. The van der Waals surface area contributed by atoms with E-state index in [1.54, 1.807) is 30.1 Å². The number of likely N-dealkylation sites (N-methyl/N-ethyl adjacent to an activating group) is 1. The maximum Gasteiger partial charge on any atom is 0.289 e. The van der Waals surface area contributed by atoms with E-state index in [9.17, 15) is 14.7 Å². The summed E-state index contributed by atoms with van der Waals surface area (Å²) in [6.07, 6.45) is 2.82. The van der Waals surface area contributed by atoms with Crippen molar-refractivity contribution < 1.29 is 19.4 Å². The van der Waals surface area contributed by atoms with Crippen LogP contribution in [-0.4, -0.2) is 60.1 Å². The summed E-state index contributed by atoms with van der Waals surface area (Å²) < 4.78 is 5.35. The average Bonchev–Trinajstić information content (AvgIpc) is 2.97. The number of aliphatic hydroxyl groups is 1. The van der Waals surface area contributed by atoms with Gasteiger partial charge < -0.3 is 19.6 Å². The van der Waals surface area contributed by atoms with E-state index in [1.165, 1.54) is 4.90 Å². The molecule has 6 nitrogen and oxygen atoms in total. The topological polar surface area (TPSA) is 70.1 Å². The first-order chi connectivity index (χ1) is 13.4. The number of benzene rings is 1. The molecule has 0 atom stereocenters. The molecular formula is C20H24Cl2N2O4. The Kier molecular flexibility index (Phi) is 6.86. The van der Waals surface area contributed by atoms with Gasteiger partial charge in [-0.3, -0.25) is 9.59 Å². The maximum atomic E-state index is 12.8. The minimum Gasteiger partial charge on any atom is -0.503 e. The van der Waals surface area contributed by atoms with Gasteiger partial charge in [0.1, 0.15) is 0 Å². The van der Waals surface area contributed by atoms with Crippen molar-refractivity contribution in [1.29, 1.82) is 0 Å². The van der Waals surface area contributed by atoms with E-state index < -0.39 is 11.7 Å². The second-order valence-electron chi connectivity index (χ2n) is 7.31. The van der Waals surface area contributed by atoms with Crippen molar-refractivity contribution in [2.24, 2.45) is 5.92 Å². The molecule has 2 aliphatic heterocycles. The lowest BCUT2D eigenvalue weighted by Crippen LogP contribution is -2.33. The van der Waals surface area contributed by atoms with E-state index in [0.29, 0.717) is 29.1 Å². The van der Waals surface area contributed by atoms with Gasteiger partial charge in [-0.05, 0) is 42.9 Å². The van der Waals surface area contributed by atoms with Gasteiger partial charge in [0.15, 0.2) is 5.76 Å². The maximum absolute atomic E-state index is 12.8. The molecule has 1 aromatic rings. The van der Waals surface area contributed by atoms with Gasteiger partial charge in [-0.2, -0.15) is 0 Å². The molecule has 0 spiro atoms. The first-order valence-corrected chi connectivity index (χ1v) is 10.1. The van der Waals surface area contributed by atoms with E-state index in [1.807, 2.05) is 0 Å². The lowest BCUT2D eigenvalue weighted by Gasteiger charge is -2.25. The Bertz CT molecular complexity index is 790. The van der Waals surface area contributed by atoms with Crippen molar-refractivity contribution in [3.05, 3.63) is 45.1 Å². The first kappa shape index (κ1) is 21.0. The molecule has 0 saturated carbocycles. The van der Waals surface area contributed by atoms with Crippen molar-refractivity contribution in [2.75, 3.05) is 33.4 Å². The zero-order valence-electron chi connectivity index (χ0n) is 15.8. The van der Waals surface area contributed by atoms with Crippen LogP contribution in [0.25, 0.3) is 0 Å². The highest BCUT2D eigenvalue weighted by atomic mass is 35.5. The smallest absolute Gasteiger partial charge is 0.289 e. The number of ether oxygens (including phenoxy) is 1. The van der Waals surface area contributed by atoms with E-state index in [-0.39, 0.29) is 18.0 Å². The molecule has 1 N–H and O–H groups in total. The number of carbonyl (C=O) groups excluding carboxylic acids is 2. The highest BCUT2D eigenvalue weighted by Crippen LogP contribution is 2.25. The van der Waals surface area contributed by atoms with Crippen LogP contribution in [0, 0.1) is 5.92 Å². The van der Waals surface area contributed by atoms with Gasteiger partial charge in [-0.15, -0.1) is 0 Å². The SMILES string of the molecule is CN(Cc1ccc(Cl)c(Cl)c1)C(=O)C1=C(O)C(=O)N(CCC2CCOCC2)C1. The van der Waals surface area contributed by atoms with Crippen LogP contribution in [0.1, 0.15) is 24.8 Å². The molecule has 0 aliphatic carbocycles. The van der Waals surface area contributed by atoms with Crippen molar-refractivity contribution in [3.8, 4) is 0 Å². The Morgan fingerprint density at radius 1 is 1.29 bits per heavy atom. The molecule has 1 saturated heterocycles. The molecule has 1 aromatic carbocycles. The molecule has 3 rings (SSSR count). The molecular weight excluding hydrogens is 403 g/mol. The van der Waals surface area contributed by atoms with Gasteiger partial charge in [0.2, 0.25) is 0 Å². The predicted octanol–water partition coefficient (Wildman–Crippen LogP) is 3.42. The molecule has 28 heavy (non-hydrogen) atoms. The standard InChI is InChI=1S/C20H24Cl2N2O4/c1-23(11-14-2-3-16(21)17(22)10-14)19(26)15-12-24(20(27)18(15)25)7-4-13-5-8-28-9-6-13/h2-3,10,13,25H,4-9,11-12H2,1H3. The second kappa shape index (κ2) is 9.16. The van der Waals surface area contributed by atoms with Crippen LogP contribution in [0.3, 0.4) is 0 Å². The number of hydrogen-bond donors (Lipinski definition) is 1. The van der Waals surface area contributed by atoms with Crippen molar-refractivity contribution in [3.63, 3.8) is 0 Å². The number of nitrogens with zero attached hydrogens (tertiary/aromatic N) is 2. The Morgan fingerprint density at radius 3 is 2.68 bits per heavy atom. The summed E-state index contributed by atoms with van der Waals surface area (Å²) in [5.41, 5.74) is 0.950. The first-order valence-electron chi connectivity index (χ1n) is 9.35. The molecule has 0 unspecified atom stereocenters. The Balaban J connectivity index is 1.59. The number of hydrogen-bond acceptors (Lipinski definition) is 4. The molecule has 1 fully saturated rings. The fraction of sp³-hybridized carbons (Fsp3) is 0.500. The minimum atomic E-state index is -0.474. The number of carbonyl (C=O) groups is 2. The largest absolute Gasteiger partial charge is 0.503 e. The van der Waals surface area contributed by atoms with Gasteiger partial charge >= 0.3 is 0 Å². The molecule has 0 bridgehead atoms. The number of aliphatic hydroxyl groups excluding tert-OH is 1. The van der Waals surface area contributed by atoms with Crippen LogP contribution in [0.2, 0.25) is 10.0 Å². The lowest BCUT2D eigenvalue weighted by atomic mass is 9.96.